The number of aromatic amines is 1. The minimum atomic E-state index is -3.49. The van der Waals surface area contributed by atoms with Crippen molar-refractivity contribution in [3.8, 4) is 6.07 Å². The van der Waals surface area contributed by atoms with Gasteiger partial charge in [0.1, 0.15) is 5.39 Å². The molecule has 1 saturated heterocycles. The molecule has 1 fully saturated rings. The number of H-pyrrole nitrogens is 1. The molecule has 4 rings (SSSR count). The standard InChI is InChI=1S/C24H29N5O4S/c1-4-23(2,3)34(31,32)18-8-6-17(7-9-18)27-21-20-19(10-14-26-22(20)30)29(28-21)24(12-13-25)11-5-15-33-16-24/h6-10,14H,4-5,11-12,15-16H2,1-3H3,(H,26,30)(H,27,28). The number of pyridine rings is 1. The van der Waals surface area contributed by atoms with Crippen LogP contribution in [0.25, 0.3) is 10.9 Å². The van der Waals surface area contributed by atoms with Crippen molar-refractivity contribution in [3.63, 3.8) is 0 Å². The summed E-state index contributed by atoms with van der Waals surface area (Å²) in [5.41, 5.74) is 0.231. The van der Waals surface area contributed by atoms with Gasteiger partial charge in [-0.05, 0) is 63.4 Å². The number of benzene rings is 1. The van der Waals surface area contributed by atoms with E-state index in [0.717, 1.165) is 6.42 Å². The van der Waals surface area contributed by atoms with Crippen LogP contribution in [-0.2, 0) is 20.1 Å². The summed E-state index contributed by atoms with van der Waals surface area (Å²) in [4.78, 5) is 15.7. The number of aromatic nitrogens is 3. The third kappa shape index (κ3) is 3.99. The molecule has 1 atom stereocenters. The molecular weight excluding hydrogens is 454 g/mol. The van der Waals surface area contributed by atoms with Crippen molar-refractivity contribution < 1.29 is 13.2 Å². The van der Waals surface area contributed by atoms with E-state index >= 15 is 0 Å². The molecule has 0 radical (unpaired) electrons. The maximum absolute atomic E-state index is 12.9. The molecule has 0 aliphatic carbocycles. The van der Waals surface area contributed by atoms with Gasteiger partial charge in [-0.15, -0.1) is 0 Å². The van der Waals surface area contributed by atoms with E-state index in [0.29, 0.717) is 48.5 Å². The molecule has 0 saturated carbocycles. The summed E-state index contributed by atoms with van der Waals surface area (Å²) < 4.78 is 32.4. The van der Waals surface area contributed by atoms with Crippen molar-refractivity contribution in [1.29, 1.82) is 5.26 Å². The van der Waals surface area contributed by atoms with Gasteiger partial charge in [0.05, 0.1) is 39.8 Å². The number of fused-ring (bicyclic) bond motifs is 1. The van der Waals surface area contributed by atoms with Gasteiger partial charge in [-0.25, -0.2) is 8.42 Å². The number of nitrogens with one attached hydrogen (secondary N) is 2. The molecule has 3 aromatic rings. The SMILES string of the molecule is CCC(C)(C)S(=O)(=O)c1ccc(Nc2nn(C3(CC#N)CCCOC3)c3cc[nH]c(=O)c23)cc1. The Morgan fingerprint density at radius 2 is 2.03 bits per heavy atom. The third-order valence-electron chi connectivity index (χ3n) is 6.77. The van der Waals surface area contributed by atoms with Gasteiger partial charge in [-0.3, -0.25) is 9.48 Å². The Hall–Kier alpha value is -3.16. The monoisotopic (exact) mass is 483 g/mol. The number of nitrogens with zero attached hydrogens (tertiary/aromatic N) is 3. The average molecular weight is 484 g/mol. The molecule has 3 heterocycles. The molecule has 0 spiro atoms. The van der Waals surface area contributed by atoms with Gasteiger partial charge in [0.2, 0.25) is 0 Å². The summed E-state index contributed by atoms with van der Waals surface area (Å²) in [6.45, 7) is 6.24. The number of rotatable bonds is 7. The van der Waals surface area contributed by atoms with Gasteiger partial charge in [-0.2, -0.15) is 10.4 Å². The summed E-state index contributed by atoms with van der Waals surface area (Å²) in [5.74, 6) is 0.337. The molecule has 10 heteroatoms. The van der Waals surface area contributed by atoms with Crippen molar-refractivity contribution in [3.05, 3.63) is 46.9 Å². The zero-order valence-corrected chi connectivity index (χ0v) is 20.4. The van der Waals surface area contributed by atoms with Crippen LogP contribution in [0.2, 0.25) is 0 Å². The van der Waals surface area contributed by atoms with E-state index in [9.17, 15) is 18.5 Å². The van der Waals surface area contributed by atoms with E-state index in [2.05, 4.69) is 16.4 Å². The second-order valence-corrected chi connectivity index (χ2v) is 11.9. The molecule has 9 nitrogen and oxygen atoms in total. The van der Waals surface area contributed by atoms with Crippen LogP contribution in [0, 0.1) is 11.3 Å². The van der Waals surface area contributed by atoms with Crippen molar-refractivity contribution in [2.45, 2.75) is 61.6 Å². The lowest BCUT2D eigenvalue weighted by molar-refractivity contribution is -0.00174. The second kappa shape index (κ2) is 8.89. The summed E-state index contributed by atoms with van der Waals surface area (Å²) in [6, 6.07) is 10.5. The van der Waals surface area contributed by atoms with Gasteiger partial charge in [0.15, 0.2) is 15.7 Å². The summed E-state index contributed by atoms with van der Waals surface area (Å²) in [6.07, 6.45) is 3.76. The zero-order valence-electron chi connectivity index (χ0n) is 19.6. The van der Waals surface area contributed by atoms with E-state index in [4.69, 9.17) is 9.84 Å². The molecule has 180 valence electrons. The Bertz CT molecular complexity index is 1390. The van der Waals surface area contributed by atoms with E-state index in [1.807, 2.05) is 6.92 Å². The van der Waals surface area contributed by atoms with Gasteiger partial charge in [0.25, 0.3) is 5.56 Å². The van der Waals surface area contributed by atoms with E-state index in [1.165, 1.54) is 0 Å². The maximum atomic E-state index is 12.9. The van der Waals surface area contributed by atoms with Crippen molar-refractivity contribution in [2.75, 3.05) is 18.5 Å². The van der Waals surface area contributed by atoms with Gasteiger partial charge >= 0.3 is 0 Å². The molecule has 1 aliphatic heterocycles. The first kappa shape index (κ1) is 24.0. The largest absolute Gasteiger partial charge is 0.379 e. The van der Waals surface area contributed by atoms with Crippen LogP contribution in [0.15, 0.2) is 46.2 Å². The first-order chi connectivity index (χ1) is 16.1. The van der Waals surface area contributed by atoms with Gasteiger partial charge < -0.3 is 15.0 Å². The molecule has 1 aliphatic rings. The van der Waals surface area contributed by atoms with E-state index < -0.39 is 20.1 Å². The summed E-state index contributed by atoms with van der Waals surface area (Å²) in [7, 11) is -3.49. The van der Waals surface area contributed by atoms with Gasteiger partial charge in [0, 0.05) is 18.5 Å². The fourth-order valence-corrected chi connectivity index (χ4v) is 5.77. The fourth-order valence-electron chi connectivity index (χ4n) is 4.26. The van der Waals surface area contributed by atoms with Crippen LogP contribution in [0.5, 0.6) is 0 Å². The van der Waals surface area contributed by atoms with Crippen LogP contribution in [0.4, 0.5) is 11.5 Å². The lowest BCUT2D eigenvalue weighted by atomic mass is 9.89. The Morgan fingerprint density at radius 1 is 1.29 bits per heavy atom. The Labute approximate surface area is 198 Å². The predicted molar refractivity (Wildman–Crippen MR) is 130 cm³/mol. The molecule has 1 unspecified atom stereocenters. The Morgan fingerprint density at radius 3 is 2.65 bits per heavy atom. The predicted octanol–water partition coefficient (Wildman–Crippen LogP) is 3.85. The topological polar surface area (TPSA) is 130 Å². The quantitative estimate of drug-likeness (QED) is 0.522. The minimum Gasteiger partial charge on any atom is -0.379 e. The molecule has 2 N–H and O–H groups in total. The van der Waals surface area contributed by atoms with Crippen molar-refractivity contribution in [2.24, 2.45) is 0 Å². The highest BCUT2D eigenvalue weighted by atomic mass is 32.2. The molecule has 0 amide bonds. The van der Waals surface area contributed by atoms with Crippen molar-refractivity contribution >= 4 is 32.2 Å². The first-order valence-corrected chi connectivity index (χ1v) is 12.8. The number of nitriles is 1. The summed E-state index contributed by atoms with van der Waals surface area (Å²) in [5, 5.41) is 17.8. The fraction of sp³-hybridized carbons (Fsp3) is 0.458. The number of hydrogen-bond donors (Lipinski definition) is 2. The lowest BCUT2D eigenvalue weighted by Gasteiger charge is -2.35. The first-order valence-electron chi connectivity index (χ1n) is 11.3. The highest BCUT2D eigenvalue weighted by Crippen LogP contribution is 2.36. The van der Waals surface area contributed by atoms with Crippen LogP contribution in [0.3, 0.4) is 0 Å². The highest BCUT2D eigenvalue weighted by molar-refractivity contribution is 7.92. The van der Waals surface area contributed by atoms with Crippen LogP contribution >= 0.6 is 0 Å². The molecule has 1 aromatic carbocycles. The van der Waals surface area contributed by atoms with Crippen molar-refractivity contribution in [1.82, 2.24) is 14.8 Å². The molecule has 34 heavy (non-hydrogen) atoms. The van der Waals surface area contributed by atoms with Crippen LogP contribution in [-0.4, -0.2) is 41.1 Å². The second-order valence-electron chi connectivity index (χ2n) is 9.31. The smallest absolute Gasteiger partial charge is 0.261 e. The van der Waals surface area contributed by atoms with Crippen LogP contribution in [0.1, 0.15) is 46.5 Å². The van der Waals surface area contributed by atoms with Crippen LogP contribution < -0.4 is 10.9 Å². The minimum absolute atomic E-state index is 0.204. The summed E-state index contributed by atoms with van der Waals surface area (Å²) >= 11 is 0. The lowest BCUT2D eigenvalue weighted by Crippen LogP contribution is -2.42. The number of ether oxygens (including phenoxy) is 1. The highest BCUT2D eigenvalue weighted by Gasteiger charge is 2.38. The molecular formula is C24H29N5O4S. The number of sulfone groups is 1. The number of anilines is 2. The maximum Gasteiger partial charge on any atom is 0.261 e. The van der Waals surface area contributed by atoms with E-state index in [-0.39, 0.29) is 16.9 Å². The Balaban J connectivity index is 1.75. The normalized spacial score (nSPS) is 19.1. The molecule has 2 aromatic heterocycles. The third-order valence-corrected chi connectivity index (χ3v) is 9.41. The zero-order chi connectivity index (χ0) is 24.6. The molecule has 0 bridgehead atoms. The Kier molecular flexibility index (Phi) is 6.27. The average Bonchev–Trinajstić information content (AvgIpc) is 3.20. The number of hydrogen-bond acceptors (Lipinski definition) is 7. The van der Waals surface area contributed by atoms with E-state index in [1.54, 1.807) is 55.1 Å². The van der Waals surface area contributed by atoms with Gasteiger partial charge in [-0.1, -0.05) is 6.92 Å².